The number of alkyl halides is 3. The van der Waals surface area contributed by atoms with E-state index in [0.717, 1.165) is 23.0 Å². The summed E-state index contributed by atoms with van der Waals surface area (Å²) in [6, 6.07) is 16.5. The number of ether oxygens (including phenoxy) is 2. The van der Waals surface area contributed by atoms with Crippen LogP contribution in [0.4, 0.5) is 18.9 Å². The van der Waals surface area contributed by atoms with Gasteiger partial charge in [-0.2, -0.15) is 13.2 Å². The van der Waals surface area contributed by atoms with Gasteiger partial charge in [-0.25, -0.2) is 9.79 Å². The maximum atomic E-state index is 13.7. The third kappa shape index (κ3) is 5.84. The Kier molecular flexibility index (Phi) is 8.00. The predicted octanol–water partition coefficient (Wildman–Crippen LogP) is 5.52. The zero-order valence-electron chi connectivity index (χ0n) is 22.6. The highest BCUT2D eigenvalue weighted by Crippen LogP contribution is 2.38. The third-order valence-electron chi connectivity index (χ3n) is 6.65. The summed E-state index contributed by atoms with van der Waals surface area (Å²) in [7, 11) is 1.28. The first kappa shape index (κ1) is 29.5. The maximum Gasteiger partial charge on any atom is 0.416 e. The van der Waals surface area contributed by atoms with Gasteiger partial charge in [0.1, 0.15) is 5.75 Å². The zero-order valence-corrected chi connectivity index (χ0v) is 23.4. The fourth-order valence-corrected chi connectivity index (χ4v) is 5.67. The van der Waals surface area contributed by atoms with Crippen LogP contribution in [-0.4, -0.2) is 22.6 Å². The van der Waals surface area contributed by atoms with E-state index in [-0.39, 0.29) is 22.6 Å². The summed E-state index contributed by atoms with van der Waals surface area (Å²) < 4.78 is 51.4. The normalized spacial score (nSPS) is 15.1. The highest BCUT2D eigenvalue weighted by molar-refractivity contribution is 7.07. The molecule has 9 nitrogen and oxygen atoms in total. The van der Waals surface area contributed by atoms with Gasteiger partial charge in [-0.15, -0.1) is 0 Å². The van der Waals surface area contributed by atoms with Gasteiger partial charge in [0, 0.05) is 6.07 Å². The van der Waals surface area contributed by atoms with E-state index in [1.807, 2.05) is 37.3 Å². The van der Waals surface area contributed by atoms with Crippen molar-refractivity contribution < 1.29 is 32.4 Å². The number of methoxy groups -OCH3 is 1. The molecule has 0 amide bonds. The lowest BCUT2D eigenvalue weighted by Gasteiger charge is -2.25. The van der Waals surface area contributed by atoms with Crippen LogP contribution in [0.1, 0.15) is 36.1 Å². The fraction of sp³-hybridized carbons (Fsp3) is 0.167. The number of carbonyl (C=O) groups excluding carboxylic acids is 1. The molecule has 0 spiro atoms. The van der Waals surface area contributed by atoms with Crippen LogP contribution in [-0.2, 0) is 15.7 Å². The Morgan fingerprint density at radius 1 is 1.12 bits per heavy atom. The standard InChI is InChI=1S/C30H22F3N3O6S/c1-3-21-25(28(38)41-2)26(18-7-5-4-6-8-18)35-27(37)24(43-29(35)34-21)15-17-9-12-20(13-10-17)42-23-14-11-19(30(31,32)33)16-22(23)36(39)40/h4-16,26H,3H2,1-2H3/b24-15-/t26-/m1/s1. The van der Waals surface area contributed by atoms with Crippen molar-refractivity contribution in [2.75, 3.05) is 7.11 Å². The highest BCUT2D eigenvalue weighted by Gasteiger charge is 2.34. The van der Waals surface area contributed by atoms with Gasteiger partial charge in [0.25, 0.3) is 5.56 Å². The Labute approximate surface area is 245 Å². The molecule has 3 aromatic carbocycles. The van der Waals surface area contributed by atoms with Crippen LogP contribution in [0.25, 0.3) is 6.08 Å². The quantitative estimate of drug-likeness (QED) is 0.155. The number of hydrogen-bond acceptors (Lipinski definition) is 8. The Bertz CT molecular complexity index is 1930. The van der Waals surface area contributed by atoms with Gasteiger partial charge in [-0.05, 0) is 47.9 Å². The highest BCUT2D eigenvalue weighted by atomic mass is 32.1. The summed E-state index contributed by atoms with van der Waals surface area (Å²) in [5.41, 5.74) is -0.251. The Morgan fingerprint density at radius 2 is 1.81 bits per heavy atom. The molecule has 0 unspecified atom stereocenters. The van der Waals surface area contributed by atoms with Crippen LogP contribution in [0, 0.1) is 10.1 Å². The molecular formula is C30H22F3N3O6S. The van der Waals surface area contributed by atoms with E-state index in [0.29, 0.717) is 39.1 Å². The number of nitro groups is 1. The molecule has 0 saturated carbocycles. The van der Waals surface area contributed by atoms with Crippen molar-refractivity contribution in [3.05, 3.63) is 131 Å². The minimum atomic E-state index is -4.75. The third-order valence-corrected chi connectivity index (χ3v) is 7.64. The average Bonchev–Trinajstić information content (AvgIpc) is 3.30. The number of hydrogen-bond donors (Lipinski definition) is 0. The number of nitro benzene ring substituents is 1. The van der Waals surface area contributed by atoms with Gasteiger partial charge in [0.05, 0.1) is 39.4 Å². The molecular weight excluding hydrogens is 587 g/mol. The SMILES string of the molecule is CCC1=C(C(=O)OC)[C@@H](c2ccccc2)n2c(s/c(=C\c3ccc(Oc4ccc(C(F)(F)F)cc4[N+](=O)[O-])cc3)c2=O)=N1. The largest absolute Gasteiger partial charge is 0.466 e. The van der Waals surface area contributed by atoms with Crippen molar-refractivity contribution in [2.45, 2.75) is 25.6 Å². The first-order valence-corrected chi connectivity index (χ1v) is 13.6. The topological polar surface area (TPSA) is 113 Å². The number of halogens is 3. The molecule has 1 aliphatic heterocycles. The van der Waals surface area contributed by atoms with E-state index in [1.165, 1.54) is 23.8 Å². The number of benzene rings is 3. The lowest BCUT2D eigenvalue weighted by atomic mass is 9.95. The molecule has 2 heterocycles. The lowest BCUT2D eigenvalue weighted by molar-refractivity contribution is -0.385. The maximum absolute atomic E-state index is 13.7. The summed E-state index contributed by atoms with van der Waals surface area (Å²) in [6.45, 7) is 1.86. The summed E-state index contributed by atoms with van der Waals surface area (Å²) in [6.07, 6.45) is -2.68. The van der Waals surface area contributed by atoms with Crippen LogP contribution in [0.2, 0.25) is 0 Å². The van der Waals surface area contributed by atoms with Gasteiger partial charge < -0.3 is 9.47 Å². The molecule has 4 aromatic rings. The summed E-state index contributed by atoms with van der Waals surface area (Å²) in [5.74, 6) is -0.790. The first-order valence-electron chi connectivity index (χ1n) is 12.8. The molecule has 220 valence electrons. The van der Waals surface area contributed by atoms with Gasteiger partial charge in [-0.1, -0.05) is 60.7 Å². The average molecular weight is 610 g/mol. The Balaban J connectivity index is 1.51. The summed E-state index contributed by atoms with van der Waals surface area (Å²) >= 11 is 1.15. The van der Waals surface area contributed by atoms with E-state index in [9.17, 15) is 32.9 Å². The monoisotopic (exact) mass is 609 g/mol. The van der Waals surface area contributed by atoms with Crippen molar-refractivity contribution in [3.63, 3.8) is 0 Å². The number of thiazole rings is 1. The van der Waals surface area contributed by atoms with Crippen LogP contribution in [0.15, 0.2) is 93.9 Å². The fourth-order valence-electron chi connectivity index (χ4n) is 4.65. The molecule has 13 heteroatoms. The molecule has 43 heavy (non-hydrogen) atoms. The van der Waals surface area contributed by atoms with Gasteiger partial charge in [-0.3, -0.25) is 19.5 Å². The number of aromatic nitrogens is 1. The van der Waals surface area contributed by atoms with Crippen LogP contribution >= 0.6 is 11.3 Å². The number of fused-ring (bicyclic) bond motifs is 1. The second-order valence-corrected chi connectivity index (χ2v) is 10.3. The predicted molar refractivity (Wildman–Crippen MR) is 151 cm³/mol. The summed E-state index contributed by atoms with van der Waals surface area (Å²) in [4.78, 5) is 42.0. The minimum absolute atomic E-state index is 0.140. The molecule has 0 bridgehead atoms. The van der Waals surface area contributed by atoms with E-state index >= 15 is 0 Å². The second kappa shape index (κ2) is 11.7. The van der Waals surface area contributed by atoms with E-state index in [4.69, 9.17) is 9.47 Å². The number of esters is 1. The van der Waals surface area contributed by atoms with E-state index in [2.05, 4.69) is 4.99 Å². The molecule has 0 saturated heterocycles. The Morgan fingerprint density at radius 3 is 2.42 bits per heavy atom. The van der Waals surface area contributed by atoms with E-state index < -0.39 is 34.4 Å². The van der Waals surface area contributed by atoms with Crippen molar-refractivity contribution in [3.8, 4) is 11.5 Å². The number of carbonyl (C=O) groups is 1. The van der Waals surface area contributed by atoms with Gasteiger partial charge >= 0.3 is 17.8 Å². The van der Waals surface area contributed by atoms with Crippen molar-refractivity contribution in [1.29, 1.82) is 0 Å². The first-order chi connectivity index (χ1) is 20.5. The molecule has 1 aromatic heterocycles. The van der Waals surface area contributed by atoms with Crippen LogP contribution < -0.4 is 19.6 Å². The molecule has 0 radical (unpaired) electrons. The molecule has 1 aliphatic rings. The minimum Gasteiger partial charge on any atom is -0.466 e. The second-order valence-electron chi connectivity index (χ2n) is 9.31. The number of nitrogens with zero attached hydrogens (tertiary/aromatic N) is 3. The van der Waals surface area contributed by atoms with Gasteiger partial charge in [0.2, 0.25) is 5.75 Å². The van der Waals surface area contributed by atoms with Crippen molar-refractivity contribution in [1.82, 2.24) is 4.57 Å². The van der Waals surface area contributed by atoms with Crippen molar-refractivity contribution >= 4 is 29.1 Å². The lowest BCUT2D eigenvalue weighted by Crippen LogP contribution is -2.40. The molecule has 0 aliphatic carbocycles. The van der Waals surface area contributed by atoms with Crippen LogP contribution in [0.5, 0.6) is 11.5 Å². The van der Waals surface area contributed by atoms with Gasteiger partial charge in [0.15, 0.2) is 4.80 Å². The molecule has 1 atom stereocenters. The molecule has 5 rings (SSSR count). The van der Waals surface area contributed by atoms with E-state index in [1.54, 1.807) is 18.2 Å². The Hall–Kier alpha value is -5.04. The van der Waals surface area contributed by atoms with Crippen molar-refractivity contribution in [2.24, 2.45) is 4.99 Å². The number of rotatable bonds is 7. The zero-order chi connectivity index (χ0) is 30.9. The molecule has 0 fully saturated rings. The number of allylic oxidation sites excluding steroid dienone is 1. The smallest absolute Gasteiger partial charge is 0.416 e. The molecule has 0 N–H and O–H groups in total. The van der Waals surface area contributed by atoms with Crippen LogP contribution in [0.3, 0.4) is 0 Å². The summed E-state index contributed by atoms with van der Waals surface area (Å²) in [5, 5.41) is 11.4.